The highest BCUT2D eigenvalue weighted by Crippen LogP contribution is 2.16. The third-order valence-electron chi connectivity index (χ3n) is 9.86. The molecule has 0 aliphatic heterocycles. The van der Waals surface area contributed by atoms with Crippen LogP contribution in [0, 0.1) is 0 Å². The molecule has 0 radical (unpaired) electrons. The molecule has 0 aromatic heterocycles. The van der Waals surface area contributed by atoms with Crippen molar-refractivity contribution in [2.45, 2.75) is 258 Å². The highest BCUT2D eigenvalue weighted by atomic mass is 16.1. The van der Waals surface area contributed by atoms with Gasteiger partial charge in [-0.05, 0) is 12.8 Å². The zero-order valence-corrected chi connectivity index (χ0v) is 31.0. The summed E-state index contributed by atoms with van der Waals surface area (Å²) >= 11 is 0. The fourth-order valence-electron chi connectivity index (χ4n) is 6.71. The first-order valence-corrected chi connectivity index (χ1v) is 21.1. The second-order valence-electron chi connectivity index (χ2n) is 14.5. The monoisotopic (exact) mass is 620 g/mol. The Hall–Kier alpha value is -0.530. The van der Waals surface area contributed by atoms with Gasteiger partial charge in [-0.1, -0.05) is 239 Å². The predicted octanol–water partition coefficient (Wildman–Crippen LogP) is 15.0. The minimum absolute atomic E-state index is 0.281. The minimum atomic E-state index is 0.281. The van der Waals surface area contributed by atoms with E-state index in [1.165, 1.54) is 225 Å². The number of hydrogen-bond acceptors (Lipinski definition) is 1. The molecular weight excluding hydrogens is 534 g/mol. The van der Waals surface area contributed by atoms with Crippen LogP contribution in [0.4, 0.5) is 0 Å². The molecule has 0 heterocycles. The average molecular weight is 620 g/mol. The quantitative estimate of drug-likeness (QED) is 0.0681. The fourth-order valence-corrected chi connectivity index (χ4v) is 6.71. The highest BCUT2D eigenvalue weighted by molar-refractivity contribution is 5.75. The lowest BCUT2D eigenvalue weighted by atomic mass is 10.0. The van der Waals surface area contributed by atoms with Gasteiger partial charge in [0, 0.05) is 13.0 Å². The molecular formula is C42H85NO. The van der Waals surface area contributed by atoms with Crippen LogP contribution in [0.3, 0.4) is 0 Å². The number of hydrogen-bond donors (Lipinski definition) is 1. The molecule has 264 valence electrons. The first-order valence-electron chi connectivity index (χ1n) is 21.1. The van der Waals surface area contributed by atoms with Crippen molar-refractivity contribution in [1.29, 1.82) is 0 Å². The topological polar surface area (TPSA) is 29.1 Å². The molecule has 0 bridgehead atoms. The molecule has 2 nitrogen and oxygen atoms in total. The third-order valence-corrected chi connectivity index (χ3v) is 9.86. The maximum atomic E-state index is 12.1. The van der Waals surface area contributed by atoms with Crippen LogP contribution < -0.4 is 5.32 Å². The summed E-state index contributed by atoms with van der Waals surface area (Å²) in [7, 11) is 0. The molecule has 0 saturated heterocycles. The lowest BCUT2D eigenvalue weighted by Gasteiger charge is -2.06. The van der Waals surface area contributed by atoms with Gasteiger partial charge in [0.1, 0.15) is 0 Å². The molecule has 0 aromatic rings. The van der Waals surface area contributed by atoms with E-state index in [1.807, 2.05) is 0 Å². The van der Waals surface area contributed by atoms with Gasteiger partial charge in [0.15, 0.2) is 0 Å². The zero-order chi connectivity index (χ0) is 31.9. The molecule has 44 heavy (non-hydrogen) atoms. The Labute approximate surface area is 279 Å². The van der Waals surface area contributed by atoms with E-state index in [2.05, 4.69) is 19.2 Å². The van der Waals surface area contributed by atoms with E-state index in [9.17, 15) is 4.79 Å². The Morgan fingerprint density at radius 2 is 0.500 bits per heavy atom. The van der Waals surface area contributed by atoms with E-state index in [0.717, 1.165) is 25.8 Å². The summed E-state index contributed by atoms with van der Waals surface area (Å²) in [5, 5.41) is 3.16. The van der Waals surface area contributed by atoms with Gasteiger partial charge in [-0.15, -0.1) is 0 Å². The summed E-state index contributed by atoms with van der Waals surface area (Å²) < 4.78 is 0. The van der Waals surface area contributed by atoms with Crippen molar-refractivity contribution < 1.29 is 4.79 Å². The number of carbonyl (C=O) groups is 1. The van der Waals surface area contributed by atoms with Gasteiger partial charge in [-0.25, -0.2) is 0 Å². The third kappa shape index (κ3) is 39.5. The number of amides is 1. The lowest BCUT2D eigenvalue weighted by Crippen LogP contribution is -2.23. The number of carbonyl (C=O) groups excluding carboxylic acids is 1. The van der Waals surface area contributed by atoms with Crippen LogP contribution in [-0.4, -0.2) is 12.5 Å². The normalized spacial score (nSPS) is 11.4. The largest absolute Gasteiger partial charge is 0.356 e. The summed E-state index contributed by atoms with van der Waals surface area (Å²) in [5.41, 5.74) is 0. The molecule has 0 spiro atoms. The van der Waals surface area contributed by atoms with E-state index in [1.54, 1.807) is 0 Å². The van der Waals surface area contributed by atoms with E-state index in [-0.39, 0.29) is 5.91 Å². The van der Waals surface area contributed by atoms with Crippen LogP contribution in [0.2, 0.25) is 0 Å². The molecule has 1 N–H and O–H groups in total. The fraction of sp³-hybridized carbons (Fsp3) is 0.976. The van der Waals surface area contributed by atoms with E-state index in [4.69, 9.17) is 0 Å². The average Bonchev–Trinajstić information content (AvgIpc) is 3.03. The van der Waals surface area contributed by atoms with Gasteiger partial charge in [0.25, 0.3) is 0 Å². The van der Waals surface area contributed by atoms with Crippen molar-refractivity contribution in [2.24, 2.45) is 0 Å². The maximum absolute atomic E-state index is 12.1. The Morgan fingerprint density at radius 1 is 0.295 bits per heavy atom. The molecule has 0 aromatic carbocycles. The molecule has 0 saturated carbocycles. The van der Waals surface area contributed by atoms with Crippen molar-refractivity contribution in [3.8, 4) is 0 Å². The highest BCUT2D eigenvalue weighted by Gasteiger charge is 2.01. The molecule has 0 atom stereocenters. The number of nitrogens with one attached hydrogen (secondary N) is 1. The van der Waals surface area contributed by atoms with E-state index < -0.39 is 0 Å². The zero-order valence-electron chi connectivity index (χ0n) is 31.0. The Balaban J connectivity index is 3.14. The van der Waals surface area contributed by atoms with Crippen LogP contribution in [0.5, 0.6) is 0 Å². The summed E-state index contributed by atoms with van der Waals surface area (Å²) in [5.74, 6) is 0.281. The van der Waals surface area contributed by atoms with Crippen molar-refractivity contribution in [1.82, 2.24) is 5.32 Å². The van der Waals surface area contributed by atoms with Crippen molar-refractivity contribution in [3.63, 3.8) is 0 Å². The Kier molecular flexibility index (Phi) is 40.0. The van der Waals surface area contributed by atoms with Crippen LogP contribution in [0.15, 0.2) is 0 Å². The molecule has 0 aliphatic carbocycles. The van der Waals surface area contributed by atoms with Crippen LogP contribution in [0.1, 0.15) is 258 Å². The Morgan fingerprint density at radius 3 is 0.750 bits per heavy atom. The van der Waals surface area contributed by atoms with Crippen LogP contribution in [-0.2, 0) is 4.79 Å². The van der Waals surface area contributed by atoms with Gasteiger partial charge in [0.2, 0.25) is 5.91 Å². The van der Waals surface area contributed by atoms with Crippen LogP contribution in [0.25, 0.3) is 0 Å². The SMILES string of the molecule is CCCCCCCCCCCCCCCCCCCCCCNC(=O)CCCCCCCCCCCCCCCCCCC. The van der Waals surface area contributed by atoms with Crippen molar-refractivity contribution in [2.75, 3.05) is 6.54 Å². The van der Waals surface area contributed by atoms with Gasteiger partial charge in [-0.3, -0.25) is 4.79 Å². The van der Waals surface area contributed by atoms with Gasteiger partial charge < -0.3 is 5.32 Å². The number of unbranched alkanes of at least 4 members (excludes halogenated alkanes) is 35. The van der Waals surface area contributed by atoms with Crippen molar-refractivity contribution >= 4 is 5.91 Å². The maximum Gasteiger partial charge on any atom is 0.219 e. The standard InChI is InChI=1S/C42H85NO/c1-3-5-7-9-11-13-15-17-19-21-22-23-25-27-29-31-33-35-37-39-41-43-42(44)40-38-36-34-32-30-28-26-24-20-18-16-14-12-10-8-6-4-2/h3-41H2,1-2H3,(H,43,44). The summed E-state index contributed by atoms with van der Waals surface area (Å²) in [6.45, 7) is 5.48. The van der Waals surface area contributed by atoms with E-state index in [0.29, 0.717) is 0 Å². The second-order valence-corrected chi connectivity index (χ2v) is 14.5. The molecule has 0 aliphatic rings. The molecule has 0 unspecified atom stereocenters. The summed E-state index contributed by atoms with van der Waals surface area (Å²) in [4.78, 5) is 12.1. The first-order chi connectivity index (χ1) is 21.8. The number of rotatable bonds is 39. The van der Waals surface area contributed by atoms with Crippen molar-refractivity contribution in [3.05, 3.63) is 0 Å². The minimum Gasteiger partial charge on any atom is -0.356 e. The predicted molar refractivity (Wildman–Crippen MR) is 200 cm³/mol. The molecule has 0 rings (SSSR count). The summed E-state index contributed by atoms with van der Waals surface area (Å²) in [6.07, 6.45) is 52.7. The van der Waals surface area contributed by atoms with Gasteiger partial charge >= 0.3 is 0 Å². The van der Waals surface area contributed by atoms with Crippen LogP contribution >= 0.6 is 0 Å². The molecule has 0 fully saturated rings. The lowest BCUT2D eigenvalue weighted by molar-refractivity contribution is -0.121. The van der Waals surface area contributed by atoms with Gasteiger partial charge in [0.05, 0.1) is 0 Å². The second kappa shape index (κ2) is 40.5. The molecule has 1 amide bonds. The van der Waals surface area contributed by atoms with Gasteiger partial charge in [-0.2, -0.15) is 0 Å². The first kappa shape index (κ1) is 43.5. The summed E-state index contributed by atoms with van der Waals surface area (Å²) in [6, 6.07) is 0. The molecule has 2 heteroatoms. The Bertz CT molecular complexity index is 518. The van der Waals surface area contributed by atoms with E-state index >= 15 is 0 Å². The smallest absolute Gasteiger partial charge is 0.219 e.